The maximum absolute atomic E-state index is 11.9. The molecule has 0 radical (unpaired) electrons. The number of carbonyl (C=O) groups excluding carboxylic acids is 1. The first-order chi connectivity index (χ1) is 9.99. The number of ether oxygens (including phenoxy) is 1. The van der Waals surface area contributed by atoms with E-state index in [2.05, 4.69) is 4.74 Å². The fraction of sp³-hybridized carbons (Fsp3) is 0.0714. The summed E-state index contributed by atoms with van der Waals surface area (Å²) >= 11 is 0. The lowest BCUT2D eigenvalue weighted by molar-refractivity contribution is 0.0600. The van der Waals surface area contributed by atoms with Crippen LogP contribution in [0.25, 0.3) is 11.1 Å². The number of rotatable bonds is 4. The molecule has 0 aromatic heterocycles. The van der Waals surface area contributed by atoms with Gasteiger partial charge >= 0.3 is 5.97 Å². The van der Waals surface area contributed by atoms with Gasteiger partial charge in [0.2, 0.25) is 0 Å². The monoisotopic (exact) mass is 307 g/mol. The summed E-state index contributed by atoms with van der Waals surface area (Å²) in [6.45, 7) is 0. The third kappa shape index (κ3) is 3.10. The second-order valence-corrected chi connectivity index (χ2v) is 5.79. The first-order valence-electron chi connectivity index (χ1n) is 5.93. The Balaban J connectivity index is 2.69. The number of esters is 1. The maximum Gasteiger partial charge on any atom is 0.337 e. The van der Waals surface area contributed by atoms with E-state index < -0.39 is 16.0 Å². The van der Waals surface area contributed by atoms with Crippen LogP contribution < -0.4 is 4.89 Å². The van der Waals surface area contributed by atoms with Crippen LogP contribution in [0.3, 0.4) is 0 Å². The van der Waals surface area contributed by atoms with E-state index in [1.807, 2.05) is 0 Å². The third-order valence-electron chi connectivity index (χ3n) is 2.90. The Morgan fingerprint density at radius 2 is 1.81 bits per heavy atom. The largest absolute Gasteiger partial charge is 0.465 e. The fourth-order valence-corrected chi connectivity index (χ4v) is 2.75. The topological polar surface area (TPSA) is 92.7 Å². The molecule has 0 unspecified atom stereocenters. The minimum absolute atomic E-state index is 0.0750. The quantitative estimate of drug-likeness (QED) is 0.664. The van der Waals surface area contributed by atoms with E-state index in [0.29, 0.717) is 11.1 Å². The molecule has 6 nitrogen and oxygen atoms in total. The van der Waals surface area contributed by atoms with Crippen molar-refractivity contribution < 1.29 is 23.2 Å². The summed E-state index contributed by atoms with van der Waals surface area (Å²) in [5, 5.41) is 8.85. The third-order valence-corrected chi connectivity index (χ3v) is 4.05. The number of hydrogen-bond acceptors (Lipinski definition) is 5. The van der Waals surface area contributed by atoms with Crippen LogP contribution in [0, 0.1) is 0 Å². The fourth-order valence-electron chi connectivity index (χ4n) is 1.89. The first kappa shape index (κ1) is 15.2. The van der Waals surface area contributed by atoms with Gasteiger partial charge in [-0.15, -0.1) is 0 Å². The highest BCUT2D eigenvalue weighted by molar-refractivity contribution is 7.89. The second kappa shape index (κ2) is 6.04. The van der Waals surface area contributed by atoms with Crippen molar-refractivity contribution in [1.29, 1.82) is 0 Å². The van der Waals surface area contributed by atoms with Gasteiger partial charge in [0.05, 0.1) is 17.6 Å². The van der Waals surface area contributed by atoms with E-state index in [0.717, 1.165) is 6.07 Å². The van der Waals surface area contributed by atoms with Gasteiger partial charge in [0.25, 0.3) is 10.0 Å². The average molecular weight is 307 g/mol. The molecule has 0 aliphatic rings. The highest BCUT2D eigenvalue weighted by Gasteiger charge is 2.21. The van der Waals surface area contributed by atoms with Crippen molar-refractivity contribution in [3.05, 3.63) is 54.1 Å². The van der Waals surface area contributed by atoms with E-state index in [4.69, 9.17) is 5.21 Å². The molecule has 0 amide bonds. The molecule has 0 atom stereocenters. The van der Waals surface area contributed by atoms with Crippen LogP contribution in [0.1, 0.15) is 10.4 Å². The molecule has 0 saturated carbocycles. The Morgan fingerprint density at radius 3 is 2.38 bits per heavy atom. The molecule has 2 aromatic rings. The van der Waals surface area contributed by atoms with Crippen LogP contribution in [0.5, 0.6) is 0 Å². The van der Waals surface area contributed by atoms with Crippen molar-refractivity contribution in [3.8, 4) is 11.1 Å². The number of carbonyl (C=O) groups is 1. The van der Waals surface area contributed by atoms with Gasteiger partial charge in [0.1, 0.15) is 0 Å². The first-order valence-corrected chi connectivity index (χ1v) is 7.41. The molecule has 2 rings (SSSR count). The average Bonchev–Trinajstić information content (AvgIpc) is 2.54. The summed E-state index contributed by atoms with van der Waals surface area (Å²) in [5.41, 5.74) is 1.08. The summed E-state index contributed by atoms with van der Waals surface area (Å²) in [5.74, 6) is -0.663. The lowest BCUT2D eigenvalue weighted by atomic mass is 10.0. The molecule has 0 spiro atoms. The summed E-state index contributed by atoms with van der Waals surface area (Å²) in [6, 6.07) is 12.9. The Hall–Kier alpha value is -2.22. The van der Waals surface area contributed by atoms with Crippen LogP contribution in [0.2, 0.25) is 0 Å². The van der Waals surface area contributed by atoms with Crippen molar-refractivity contribution in [3.63, 3.8) is 0 Å². The molecule has 2 aromatic carbocycles. The number of methoxy groups -OCH3 is 1. The normalized spacial score (nSPS) is 11.1. The zero-order valence-electron chi connectivity index (χ0n) is 11.1. The van der Waals surface area contributed by atoms with Crippen LogP contribution in [-0.4, -0.2) is 26.7 Å². The maximum atomic E-state index is 11.9. The molecular weight excluding hydrogens is 294 g/mol. The van der Waals surface area contributed by atoms with E-state index >= 15 is 0 Å². The van der Waals surface area contributed by atoms with Crippen LogP contribution in [-0.2, 0) is 14.8 Å². The second-order valence-electron chi connectivity index (χ2n) is 4.16. The van der Waals surface area contributed by atoms with Gasteiger partial charge < -0.3 is 9.94 Å². The van der Waals surface area contributed by atoms with Crippen molar-refractivity contribution in [2.75, 3.05) is 7.11 Å². The van der Waals surface area contributed by atoms with Crippen LogP contribution in [0.4, 0.5) is 0 Å². The molecule has 0 aliphatic carbocycles. The molecular formula is C14H13NO5S. The molecule has 110 valence electrons. The van der Waals surface area contributed by atoms with Crippen LogP contribution >= 0.6 is 0 Å². The number of hydrogen-bond donors (Lipinski definition) is 2. The van der Waals surface area contributed by atoms with Crippen molar-refractivity contribution >= 4 is 16.0 Å². The van der Waals surface area contributed by atoms with Gasteiger partial charge in [-0.2, -0.15) is 0 Å². The standard InChI is InChI=1S/C14H13NO5S/c1-20-14(16)11-7-8-12(10-5-3-2-4-6-10)13(9-11)21(18,19)15-17/h2-9,15,17H,1H3. The zero-order valence-corrected chi connectivity index (χ0v) is 11.9. The van der Waals surface area contributed by atoms with Crippen molar-refractivity contribution in [1.82, 2.24) is 4.89 Å². The molecule has 0 heterocycles. The van der Waals surface area contributed by atoms with Gasteiger partial charge in [0, 0.05) is 5.56 Å². The summed E-state index contributed by atoms with van der Waals surface area (Å²) in [4.78, 5) is 12.6. The Kier molecular flexibility index (Phi) is 4.37. The van der Waals surface area contributed by atoms with E-state index in [1.54, 1.807) is 30.3 Å². The molecule has 0 saturated heterocycles. The van der Waals surface area contributed by atoms with Crippen molar-refractivity contribution in [2.45, 2.75) is 4.90 Å². The molecule has 0 fully saturated rings. The summed E-state index contributed by atoms with van der Waals surface area (Å²) in [6.07, 6.45) is 0. The molecule has 21 heavy (non-hydrogen) atoms. The zero-order chi connectivity index (χ0) is 15.5. The predicted octanol–water partition coefficient (Wildman–Crippen LogP) is 1.81. The van der Waals surface area contributed by atoms with E-state index in [1.165, 1.54) is 24.1 Å². The SMILES string of the molecule is COC(=O)c1ccc(-c2ccccc2)c(S(=O)(=O)NO)c1. The summed E-state index contributed by atoms with van der Waals surface area (Å²) in [7, 11) is -2.94. The van der Waals surface area contributed by atoms with Crippen LogP contribution in [0.15, 0.2) is 53.4 Å². The number of benzene rings is 2. The Bertz CT molecular complexity index is 756. The van der Waals surface area contributed by atoms with Gasteiger partial charge in [-0.25, -0.2) is 13.2 Å². The summed E-state index contributed by atoms with van der Waals surface area (Å²) < 4.78 is 28.5. The van der Waals surface area contributed by atoms with Gasteiger partial charge in [-0.05, 0) is 17.7 Å². The lowest BCUT2D eigenvalue weighted by Crippen LogP contribution is -2.20. The van der Waals surface area contributed by atoms with E-state index in [-0.39, 0.29) is 10.5 Å². The number of sulfonamides is 1. The highest BCUT2D eigenvalue weighted by atomic mass is 32.2. The van der Waals surface area contributed by atoms with Crippen molar-refractivity contribution in [2.24, 2.45) is 0 Å². The minimum Gasteiger partial charge on any atom is -0.465 e. The van der Waals surface area contributed by atoms with Gasteiger partial charge in [-0.3, -0.25) is 0 Å². The molecule has 0 bridgehead atoms. The number of nitrogens with one attached hydrogen (secondary N) is 1. The molecule has 2 N–H and O–H groups in total. The Labute approximate surface area is 122 Å². The minimum atomic E-state index is -4.14. The molecule has 0 aliphatic heterocycles. The molecule has 7 heteroatoms. The van der Waals surface area contributed by atoms with Gasteiger partial charge in [0.15, 0.2) is 0 Å². The smallest absolute Gasteiger partial charge is 0.337 e. The Morgan fingerprint density at radius 1 is 1.14 bits per heavy atom. The lowest BCUT2D eigenvalue weighted by Gasteiger charge is -2.11. The van der Waals surface area contributed by atoms with Gasteiger partial charge in [-0.1, -0.05) is 41.3 Å². The highest BCUT2D eigenvalue weighted by Crippen LogP contribution is 2.28. The van der Waals surface area contributed by atoms with E-state index in [9.17, 15) is 13.2 Å². The predicted molar refractivity (Wildman–Crippen MR) is 75.3 cm³/mol.